The van der Waals surface area contributed by atoms with Gasteiger partial charge < -0.3 is 4.52 Å². The summed E-state index contributed by atoms with van der Waals surface area (Å²) in [6, 6.07) is 17.9. The van der Waals surface area contributed by atoms with Crippen LogP contribution in [0.5, 0.6) is 0 Å². The van der Waals surface area contributed by atoms with Crippen LogP contribution in [0.25, 0.3) is 0 Å². The maximum absolute atomic E-state index is 13.6. The normalized spacial score (nSPS) is 29.6. The summed E-state index contributed by atoms with van der Waals surface area (Å²) in [5.74, 6) is -0.735. The monoisotopic (exact) mass is 434 g/mol. The van der Waals surface area contributed by atoms with E-state index in [2.05, 4.69) is 45.4 Å². The molecule has 2 heterocycles. The van der Waals surface area contributed by atoms with Crippen molar-refractivity contribution >= 4 is 33.6 Å². The Morgan fingerprint density at radius 3 is 2.18 bits per heavy atom. The first-order valence-corrected chi connectivity index (χ1v) is 10.0. The highest BCUT2D eigenvalue weighted by Crippen LogP contribution is 2.66. The van der Waals surface area contributed by atoms with E-state index in [1.165, 1.54) is 4.90 Å². The molecule has 2 amide bonds. The molecule has 0 spiro atoms. The van der Waals surface area contributed by atoms with Crippen LogP contribution in [0.15, 0.2) is 59.1 Å². The van der Waals surface area contributed by atoms with Crippen LogP contribution in [0.2, 0.25) is 0 Å². The highest BCUT2D eigenvalue weighted by molar-refractivity contribution is 9.09. The zero-order valence-electron chi connectivity index (χ0n) is 14.9. The second kappa shape index (κ2) is 5.20. The lowest BCUT2D eigenvalue weighted by Gasteiger charge is -2.51. The summed E-state index contributed by atoms with van der Waals surface area (Å²) in [5, 5.41) is 3.94. The molecule has 0 N–H and O–H groups in total. The van der Waals surface area contributed by atoms with Gasteiger partial charge in [-0.3, -0.25) is 9.59 Å². The summed E-state index contributed by atoms with van der Waals surface area (Å²) in [4.78, 5) is 28.3. The van der Waals surface area contributed by atoms with Gasteiger partial charge in [0.05, 0.1) is 16.2 Å². The smallest absolute Gasteiger partial charge is 0.241 e. The number of alkyl halides is 1. The number of hydrogen-bond acceptors (Lipinski definition) is 4. The number of halogens is 1. The molecule has 1 fully saturated rings. The highest BCUT2D eigenvalue weighted by Gasteiger charge is 2.67. The summed E-state index contributed by atoms with van der Waals surface area (Å²) >= 11 is 3.97. The number of anilines is 1. The Labute approximate surface area is 169 Å². The molecule has 28 heavy (non-hydrogen) atoms. The van der Waals surface area contributed by atoms with Crippen LogP contribution in [0.4, 0.5) is 5.82 Å². The largest absolute Gasteiger partial charge is 0.360 e. The second-order valence-electron chi connectivity index (χ2n) is 7.68. The topological polar surface area (TPSA) is 63.4 Å². The van der Waals surface area contributed by atoms with Gasteiger partial charge in [-0.05, 0) is 29.2 Å². The van der Waals surface area contributed by atoms with Crippen molar-refractivity contribution in [1.82, 2.24) is 5.16 Å². The lowest BCUT2D eigenvalue weighted by molar-refractivity contribution is -0.122. The molecule has 0 radical (unpaired) electrons. The molecule has 3 aromatic rings. The second-order valence-corrected chi connectivity index (χ2v) is 8.93. The minimum atomic E-state index is -0.736. The van der Waals surface area contributed by atoms with E-state index < -0.39 is 16.2 Å². The van der Waals surface area contributed by atoms with Crippen molar-refractivity contribution < 1.29 is 14.1 Å². The van der Waals surface area contributed by atoms with Crippen molar-refractivity contribution in [3.8, 4) is 0 Å². The van der Waals surface area contributed by atoms with Crippen molar-refractivity contribution in [2.75, 3.05) is 4.90 Å². The van der Waals surface area contributed by atoms with E-state index in [4.69, 9.17) is 4.52 Å². The lowest BCUT2D eigenvalue weighted by Crippen LogP contribution is -2.50. The van der Waals surface area contributed by atoms with Gasteiger partial charge in [-0.25, -0.2) is 4.90 Å². The third-order valence-electron chi connectivity index (χ3n) is 6.36. The molecule has 7 rings (SSSR count). The molecule has 5 nitrogen and oxygen atoms in total. The van der Waals surface area contributed by atoms with Gasteiger partial charge in [0, 0.05) is 12.0 Å². The number of benzene rings is 2. The van der Waals surface area contributed by atoms with E-state index >= 15 is 0 Å². The molecular formula is C22H15BrN2O3. The van der Waals surface area contributed by atoms with Crippen molar-refractivity contribution in [3.63, 3.8) is 0 Å². The highest BCUT2D eigenvalue weighted by atomic mass is 79.9. The minimum absolute atomic E-state index is 0.147. The fourth-order valence-corrected chi connectivity index (χ4v) is 6.57. The summed E-state index contributed by atoms with van der Waals surface area (Å²) in [7, 11) is 0. The number of rotatable bonds is 1. The van der Waals surface area contributed by atoms with Gasteiger partial charge in [-0.15, -0.1) is 0 Å². The first-order chi connectivity index (χ1) is 13.5. The van der Waals surface area contributed by atoms with E-state index in [0.29, 0.717) is 5.76 Å². The zero-order valence-corrected chi connectivity index (χ0v) is 16.5. The van der Waals surface area contributed by atoms with E-state index in [1.807, 2.05) is 24.3 Å². The molecule has 0 saturated carbocycles. The quantitative estimate of drug-likeness (QED) is 0.430. The number of carbonyl (C=O) groups excluding carboxylic acids is 2. The lowest BCUT2D eigenvalue weighted by atomic mass is 9.55. The first kappa shape index (κ1) is 16.2. The Kier molecular flexibility index (Phi) is 3.02. The predicted molar refractivity (Wildman–Crippen MR) is 105 cm³/mol. The number of nitrogens with zero attached hydrogens (tertiary/aromatic N) is 2. The minimum Gasteiger partial charge on any atom is -0.360 e. The number of aryl methyl sites for hydroxylation is 1. The van der Waals surface area contributed by atoms with Crippen LogP contribution in [0, 0.1) is 18.8 Å². The van der Waals surface area contributed by atoms with Gasteiger partial charge in [0.2, 0.25) is 11.8 Å². The molecule has 1 aromatic heterocycles. The van der Waals surface area contributed by atoms with Crippen LogP contribution in [-0.2, 0) is 13.9 Å². The van der Waals surface area contributed by atoms with Crippen molar-refractivity contribution in [1.29, 1.82) is 0 Å². The average molecular weight is 435 g/mol. The van der Waals surface area contributed by atoms with E-state index in [0.717, 1.165) is 22.3 Å². The Morgan fingerprint density at radius 1 is 1.00 bits per heavy atom. The number of amides is 2. The maximum atomic E-state index is 13.6. The summed E-state index contributed by atoms with van der Waals surface area (Å²) in [6.45, 7) is 1.75. The molecule has 0 unspecified atom stereocenters. The molecule has 1 aliphatic heterocycles. The average Bonchev–Trinajstić information content (AvgIpc) is 3.24. The molecule has 4 aliphatic rings. The first-order valence-electron chi connectivity index (χ1n) is 9.22. The van der Waals surface area contributed by atoms with Crippen LogP contribution < -0.4 is 4.90 Å². The number of carbonyl (C=O) groups is 2. The fourth-order valence-electron chi connectivity index (χ4n) is 5.36. The van der Waals surface area contributed by atoms with Gasteiger partial charge in [0.25, 0.3) is 0 Å². The molecule has 3 aliphatic carbocycles. The molecule has 6 heteroatoms. The van der Waals surface area contributed by atoms with E-state index in [9.17, 15) is 9.59 Å². The predicted octanol–water partition coefficient (Wildman–Crippen LogP) is 3.89. The van der Waals surface area contributed by atoms with Gasteiger partial charge in [-0.2, -0.15) is 0 Å². The molecular weight excluding hydrogens is 420 g/mol. The summed E-state index contributed by atoms with van der Waals surface area (Å²) in [5.41, 5.74) is 4.36. The zero-order chi connectivity index (χ0) is 19.2. The van der Waals surface area contributed by atoms with Gasteiger partial charge in [0.15, 0.2) is 5.82 Å². The Morgan fingerprint density at radius 2 is 1.61 bits per heavy atom. The van der Waals surface area contributed by atoms with E-state index in [1.54, 1.807) is 13.0 Å². The van der Waals surface area contributed by atoms with Crippen molar-refractivity contribution in [2.24, 2.45) is 11.8 Å². The van der Waals surface area contributed by atoms with Gasteiger partial charge in [-0.1, -0.05) is 69.6 Å². The molecule has 138 valence electrons. The number of imide groups is 1. The summed E-state index contributed by atoms with van der Waals surface area (Å²) < 4.78 is 4.40. The van der Waals surface area contributed by atoms with Crippen LogP contribution >= 0.6 is 15.9 Å². The van der Waals surface area contributed by atoms with Crippen molar-refractivity contribution in [2.45, 2.75) is 17.2 Å². The number of hydrogen-bond donors (Lipinski definition) is 0. The molecule has 2 atom stereocenters. The van der Waals surface area contributed by atoms with Crippen LogP contribution in [0.3, 0.4) is 0 Å². The molecule has 2 aromatic carbocycles. The Hall–Kier alpha value is -2.73. The fraction of sp³-hybridized carbons (Fsp3) is 0.227. The third-order valence-corrected chi connectivity index (χ3v) is 7.71. The SMILES string of the molecule is Cc1cc(N2C(=O)[C@H]3C4c5ccccc5C(Br)(c5ccccc54)[C@H]3C2=O)no1. The molecule has 1 saturated heterocycles. The summed E-state index contributed by atoms with van der Waals surface area (Å²) in [6.07, 6.45) is 0. The molecule has 2 bridgehead atoms. The Bertz CT molecular complexity index is 1140. The third kappa shape index (κ3) is 1.71. The maximum Gasteiger partial charge on any atom is 0.241 e. The van der Waals surface area contributed by atoms with Crippen molar-refractivity contribution in [3.05, 3.63) is 82.6 Å². The van der Waals surface area contributed by atoms with Crippen LogP contribution in [-0.4, -0.2) is 17.0 Å². The van der Waals surface area contributed by atoms with E-state index in [-0.39, 0.29) is 23.6 Å². The standard InChI is InChI=1S/C22H15BrN2O3/c1-11-10-16(24-28-11)25-20(26)18-17-12-6-2-4-8-14(12)22(23,19(18)21(25)27)15-9-5-3-7-13(15)17/h2-10,17-19H,1H3/t17?,18-,19+,22?/m0/s1. The van der Waals surface area contributed by atoms with Gasteiger partial charge >= 0.3 is 0 Å². The Balaban J connectivity index is 1.64. The van der Waals surface area contributed by atoms with Gasteiger partial charge in [0.1, 0.15) is 5.76 Å². The van der Waals surface area contributed by atoms with Crippen LogP contribution in [0.1, 0.15) is 33.9 Å². The number of aromatic nitrogens is 1.